The molecule has 4 aromatic rings. The summed E-state index contributed by atoms with van der Waals surface area (Å²) < 4.78 is 0. The summed E-state index contributed by atoms with van der Waals surface area (Å²) in [5.74, 6) is 4.57. The second kappa shape index (κ2) is 13.2. The fraction of sp³-hybridized carbons (Fsp3) is 0.241. The van der Waals surface area contributed by atoms with E-state index in [9.17, 15) is 10.2 Å². The lowest BCUT2D eigenvalue weighted by Gasteiger charge is -2.06. The van der Waals surface area contributed by atoms with E-state index in [1.165, 1.54) is 0 Å². The van der Waals surface area contributed by atoms with Gasteiger partial charge in [0.2, 0.25) is 0 Å². The number of hydrogen-bond donors (Lipinski definition) is 2. The quantitative estimate of drug-likeness (QED) is 0.160. The maximum atomic E-state index is 10.2. The SMILES string of the molecule is Oc1ccc2ccccc2c1CN=CCSCCCSCC=NCc1c(O)ccc2ccccc12. The fourth-order valence-electron chi connectivity index (χ4n) is 3.93. The zero-order valence-corrected chi connectivity index (χ0v) is 21.3. The van der Waals surface area contributed by atoms with Crippen LogP contribution in [-0.4, -0.2) is 45.7 Å². The molecule has 0 saturated heterocycles. The van der Waals surface area contributed by atoms with E-state index in [-0.39, 0.29) is 0 Å². The van der Waals surface area contributed by atoms with E-state index in [0.717, 1.165) is 62.1 Å². The predicted octanol–water partition coefficient (Wildman–Crippen LogP) is 7.10. The summed E-state index contributed by atoms with van der Waals surface area (Å²) in [5, 5.41) is 24.8. The van der Waals surface area contributed by atoms with Crippen molar-refractivity contribution in [2.24, 2.45) is 9.98 Å². The van der Waals surface area contributed by atoms with Crippen LogP contribution in [-0.2, 0) is 13.1 Å². The first-order valence-corrected chi connectivity index (χ1v) is 14.1. The van der Waals surface area contributed by atoms with Crippen molar-refractivity contribution in [2.45, 2.75) is 19.5 Å². The molecule has 6 heteroatoms. The standard InChI is InChI=1S/C29H30N2O2S2/c32-28-12-10-22-6-1-3-8-24(22)26(28)20-30-14-18-34-16-5-17-35-19-15-31-21-27-25-9-4-2-7-23(25)11-13-29(27)33/h1-4,6-15,32-33H,5,16-21H2. The molecule has 0 radical (unpaired) electrons. The smallest absolute Gasteiger partial charge is 0.121 e. The van der Waals surface area contributed by atoms with Gasteiger partial charge in [-0.1, -0.05) is 60.7 Å². The zero-order chi connectivity index (χ0) is 24.3. The van der Waals surface area contributed by atoms with Crippen molar-refractivity contribution in [3.8, 4) is 11.5 Å². The molecule has 0 aliphatic rings. The Morgan fingerprint density at radius 1 is 0.600 bits per heavy atom. The van der Waals surface area contributed by atoms with Crippen LogP contribution >= 0.6 is 23.5 Å². The van der Waals surface area contributed by atoms with Crippen LogP contribution in [0.1, 0.15) is 17.5 Å². The minimum Gasteiger partial charge on any atom is -0.508 e. The van der Waals surface area contributed by atoms with Gasteiger partial charge in [0.25, 0.3) is 0 Å². The zero-order valence-electron chi connectivity index (χ0n) is 19.6. The van der Waals surface area contributed by atoms with E-state index in [4.69, 9.17) is 0 Å². The highest BCUT2D eigenvalue weighted by Crippen LogP contribution is 2.28. The van der Waals surface area contributed by atoms with Gasteiger partial charge in [0, 0.05) is 35.1 Å². The first-order chi connectivity index (χ1) is 17.2. The molecule has 180 valence electrons. The second-order valence-corrected chi connectivity index (χ2v) is 10.4. The van der Waals surface area contributed by atoms with Crippen molar-refractivity contribution < 1.29 is 10.2 Å². The number of phenolic OH excluding ortho intramolecular Hbond substituents is 2. The van der Waals surface area contributed by atoms with E-state index < -0.39 is 0 Å². The molecule has 0 bridgehead atoms. The highest BCUT2D eigenvalue weighted by molar-refractivity contribution is 8.00. The van der Waals surface area contributed by atoms with E-state index >= 15 is 0 Å². The Kier molecular flexibility index (Phi) is 9.49. The Bertz CT molecular complexity index is 1220. The lowest BCUT2D eigenvalue weighted by molar-refractivity contribution is 0.469. The van der Waals surface area contributed by atoms with Gasteiger partial charge >= 0.3 is 0 Å². The van der Waals surface area contributed by atoms with Crippen LogP contribution in [0.4, 0.5) is 0 Å². The lowest BCUT2D eigenvalue weighted by Crippen LogP contribution is -1.92. The minimum absolute atomic E-state index is 0.308. The molecule has 0 aliphatic carbocycles. The van der Waals surface area contributed by atoms with Crippen molar-refractivity contribution in [1.82, 2.24) is 0 Å². The highest BCUT2D eigenvalue weighted by atomic mass is 32.2. The van der Waals surface area contributed by atoms with Crippen molar-refractivity contribution in [2.75, 3.05) is 23.0 Å². The molecule has 0 aromatic heterocycles. The third-order valence-corrected chi connectivity index (χ3v) is 7.68. The summed E-state index contributed by atoms with van der Waals surface area (Å²) in [7, 11) is 0. The number of phenols is 2. The van der Waals surface area contributed by atoms with Crippen LogP contribution in [0.15, 0.2) is 82.8 Å². The maximum Gasteiger partial charge on any atom is 0.121 e. The van der Waals surface area contributed by atoms with Gasteiger partial charge in [0.1, 0.15) is 11.5 Å². The molecule has 0 amide bonds. The Balaban J connectivity index is 1.09. The fourth-order valence-corrected chi connectivity index (χ4v) is 5.57. The second-order valence-electron chi connectivity index (χ2n) is 8.12. The van der Waals surface area contributed by atoms with E-state index in [1.807, 2.05) is 84.5 Å². The van der Waals surface area contributed by atoms with Gasteiger partial charge in [-0.3, -0.25) is 9.98 Å². The van der Waals surface area contributed by atoms with E-state index in [1.54, 1.807) is 12.1 Å². The van der Waals surface area contributed by atoms with Gasteiger partial charge in [-0.25, -0.2) is 0 Å². The normalized spacial score (nSPS) is 11.9. The number of nitrogens with zero attached hydrogens (tertiary/aromatic N) is 2. The Hall–Kier alpha value is -2.96. The monoisotopic (exact) mass is 502 g/mol. The van der Waals surface area contributed by atoms with Gasteiger partial charge < -0.3 is 10.2 Å². The third kappa shape index (κ3) is 7.03. The van der Waals surface area contributed by atoms with Crippen LogP contribution in [0.3, 0.4) is 0 Å². The minimum atomic E-state index is 0.308. The molecule has 0 fully saturated rings. The molecule has 0 spiro atoms. The molecule has 0 saturated carbocycles. The van der Waals surface area contributed by atoms with Gasteiger partial charge in [-0.15, -0.1) is 0 Å². The number of benzene rings is 4. The summed E-state index contributed by atoms with van der Waals surface area (Å²) in [4.78, 5) is 9.05. The first-order valence-electron chi connectivity index (χ1n) is 11.8. The lowest BCUT2D eigenvalue weighted by atomic mass is 10.0. The van der Waals surface area contributed by atoms with E-state index in [2.05, 4.69) is 22.1 Å². The molecule has 4 aromatic carbocycles. The summed E-state index contributed by atoms with van der Waals surface area (Å²) in [6, 6.07) is 23.5. The van der Waals surface area contributed by atoms with Gasteiger partial charge in [-0.05, 0) is 51.6 Å². The number of rotatable bonds is 12. The topological polar surface area (TPSA) is 65.2 Å². The molecule has 0 heterocycles. The van der Waals surface area contributed by atoms with Crippen LogP contribution in [0.25, 0.3) is 21.5 Å². The molecule has 0 unspecified atom stereocenters. The number of aliphatic imine (C=N–C) groups is 2. The molecular formula is C29H30N2O2S2. The van der Waals surface area contributed by atoms with Crippen molar-refractivity contribution in [1.29, 1.82) is 0 Å². The number of thioether (sulfide) groups is 2. The Morgan fingerprint density at radius 2 is 1.06 bits per heavy atom. The van der Waals surface area contributed by atoms with Crippen LogP contribution < -0.4 is 0 Å². The molecule has 0 atom stereocenters. The average molecular weight is 503 g/mol. The van der Waals surface area contributed by atoms with Crippen LogP contribution in [0.5, 0.6) is 11.5 Å². The van der Waals surface area contributed by atoms with Crippen molar-refractivity contribution in [3.05, 3.63) is 83.9 Å². The summed E-state index contributed by atoms with van der Waals surface area (Å²) >= 11 is 3.76. The molecule has 4 nitrogen and oxygen atoms in total. The summed E-state index contributed by atoms with van der Waals surface area (Å²) in [5.41, 5.74) is 1.77. The van der Waals surface area contributed by atoms with Crippen LogP contribution in [0.2, 0.25) is 0 Å². The molecule has 4 rings (SSSR count). The average Bonchev–Trinajstić information content (AvgIpc) is 2.89. The summed E-state index contributed by atoms with van der Waals surface area (Å²) in [6.45, 7) is 0.999. The van der Waals surface area contributed by atoms with Crippen molar-refractivity contribution >= 4 is 57.5 Å². The highest BCUT2D eigenvalue weighted by Gasteiger charge is 2.06. The third-order valence-electron chi connectivity index (χ3n) is 5.75. The number of hydrogen-bond acceptors (Lipinski definition) is 6. The maximum absolute atomic E-state index is 10.2. The molecule has 0 aliphatic heterocycles. The Labute approximate surface area is 215 Å². The Morgan fingerprint density at radius 3 is 1.54 bits per heavy atom. The number of fused-ring (bicyclic) bond motifs is 2. The largest absolute Gasteiger partial charge is 0.508 e. The molecule has 2 N–H and O–H groups in total. The van der Waals surface area contributed by atoms with Gasteiger partial charge in [0.05, 0.1) is 13.1 Å². The van der Waals surface area contributed by atoms with Gasteiger partial charge in [0.15, 0.2) is 0 Å². The molecule has 35 heavy (non-hydrogen) atoms. The first kappa shape index (κ1) is 25.1. The van der Waals surface area contributed by atoms with Crippen molar-refractivity contribution in [3.63, 3.8) is 0 Å². The molecular weight excluding hydrogens is 472 g/mol. The van der Waals surface area contributed by atoms with Gasteiger partial charge in [-0.2, -0.15) is 23.5 Å². The summed E-state index contributed by atoms with van der Waals surface area (Å²) in [6.07, 6.45) is 5.05. The number of aromatic hydroxyl groups is 2. The predicted molar refractivity (Wildman–Crippen MR) is 155 cm³/mol. The van der Waals surface area contributed by atoms with Crippen LogP contribution in [0, 0.1) is 0 Å². The van der Waals surface area contributed by atoms with E-state index in [0.29, 0.717) is 24.6 Å².